The average Bonchev–Trinajstić information content (AvgIpc) is 2.84. The third-order valence-electron chi connectivity index (χ3n) is 3.64. The van der Waals surface area contributed by atoms with Gasteiger partial charge in [-0.05, 0) is 31.7 Å². The van der Waals surface area contributed by atoms with Crippen LogP contribution in [0.1, 0.15) is 24.8 Å². The fraction of sp³-hybridized carbons (Fsp3) is 0.538. The number of hydrogen-bond acceptors (Lipinski definition) is 5. The molecule has 0 aromatic carbocycles. The number of anilines is 1. The van der Waals surface area contributed by atoms with E-state index in [-0.39, 0.29) is 18.0 Å². The molecule has 0 radical (unpaired) electrons. The first kappa shape index (κ1) is 14.2. The Morgan fingerprint density at radius 2 is 2.40 bits per heavy atom. The monoisotopic (exact) mass is 279 g/mol. The molecule has 0 amide bonds. The van der Waals surface area contributed by atoms with E-state index in [0.29, 0.717) is 30.9 Å². The Balaban J connectivity index is 2.12. The molecule has 0 saturated carbocycles. The zero-order chi connectivity index (χ0) is 14.7. The number of nitro groups is 1. The maximum Gasteiger partial charge on any atom is 0.314 e. The lowest BCUT2D eigenvalue weighted by atomic mass is 10.0. The minimum Gasteiger partial charge on any atom is -0.481 e. The number of carbonyl (C=O) groups is 1. The van der Waals surface area contributed by atoms with Gasteiger partial charge in [0.15, 0.2) is 0 Å². The van der Waals surface area contributed by atoms with Crippen LogP contribution in [0.25, 0.3) is 0 Å². The second kappa shape index (κ2) is 5.85. The quantitative estimate of drug-likeness (QED) is 0.654. The highest BCUT2D eigenvalue weighted by molar-refractivity contribution is 5.66. The van der Waals surface area contributed by atoms with E-state index >= 15 is 0 Å². The fourth-order valence-corrected chi connectivity index (χ4v) is 2.58. The standard InChI is InChI=1S/C13H17N3O4/c1-9-4-6-14-13(12(9)16(19)20)15-7-5-10(8-15)2-3-11(17)18/h4,6,10H,2-3,5,7-8H2,1H3,(H,17,18). The lowest BCUT2D eigenvalue weighted by molar-refractivity contribution is -0.384. The summed E-state index contributed by atoms with van der Waals surface area (Å²) in [5, 5.41) is 19.9. The van der Waals surface area contributed by atoms with Gasteiger partial charge in [-0.3, -0.25) is 14.9 Å². The summed E-state index contributed by atoms with van der Waals surface area (Å²) in [7, 11) is 0. The van der Waals surface area contributed by atoms with Gasteiger partial charge in [-0.1, -0.05) is 0 Å². The van der Waals surface area contributed by atoms with Crippen molar-refractivity contribution >= 4 is 17.5 Å². The van der Waals surface area contributed by atoms with Crippen LogP contribution in [0.15, 0.2) is 12.3 Å². The highest BCUT2D eigenvalue weighted by atomic mass is 16.6. The van der Waals surface area contributed by atoms with E-state index in [9.17, 15) is 14.9 Å². The number of carboxylic acids is 1. The van der Waals surface area contributed by atoms with Crippen molar-refractivity contribution in [3.05, 3.63) is 27.9 Å². The summed E-state index contributed by atoms with van der Waals surface area (Å²) in [5.74, 6) is -0.149. The van der Waals surface area contributed by atoms with Crippen molar-refractivity contribution in [2.75, 3.05) is 18.0 Å². The summed E-state index contributed by atoms with van der Waals surface area (Å²) < 4.78 is 0. The molecule has 2 heterocycles. The summed E-state index contributed by atoms with van der Waals surface area (Å²) >= 11 is 0. The molecule has 1 saturated heterocycles. The summed E-state index contributed by atoms with van der Waals surface area (Å²) in [6.07, 6.45) is 3.16. The molecular formula is C13H17N3O4. The van der Waals surface area contributed by atoms with E-state index in [1.165, 1.54) is 0 Å². The van der Waals surface area contributed by atoms with Gasteiger partial charge in [0.1, 0.15) is 0 Å². The van der Waals surface area contributed by atoms with Crippen LogP contribution in [0.4, 0.5) is 11.5 Å². The Bertz CT molecular complexity index is 532. The van der Waals surface area contributed by atoms with E-state index < -0.39 is 10.9 Å². The Morgan fingerprint density at radius 3 is 3.05 bits per heavy atom. The van der Waals surface area contributed by atoms with Gasteiger partial charge in [-0.15, -0.1) is 0 Å². The van der Waals surface area contributed by atoms with Crippen LogP contribution in [0.2, 0.25) is 0 Å². The molecule has 1 aliphatic rings. The van der Waals surface area contributed by atoms with Gasteiger partial charge < -0.3 is 10.0 Å². The van der Waals surface area contributed by atoms with E-state index in [0.717, 1.165) is 6.42 Å². The van der Waals surface area contributed by atoms with Crippen molar-refractivity contribution in [2.24, 2.45) is 5.92 Å². The first-order valence-electron chi connectivity index (χ1n) is 6.55. The number of carboxylic acid groups (broad SMARTS) is 1. The molecule has 1 fully saturated rings. The number of hydrogen-bond donors (Lipinski definition) is 1. The van der Waals surface area contributed by atoms with Crippen LogP contribution in [0, 0.1) is 23.0 Å². The highest BCUT2D eigenvalue weighted by Gasteiger charge is 2.29. The Morgan fingerprint density at radius 1 is 1.65 bits per heavy atom. The molecule has 0 aliphatic carbocycles. The van der Waals surface area contributed by atoms with Crippen LogP contribution in [0.3, 0.4) is 0 Å². The molecule has 1 N–H and O–H groups in total. The number of pyridine rings is 1. The van der Waals surface area contributed by atoms with Crippen LogP contribution in [-0.4, -0.2) is 34.1 Å². The predicted octanol–water partition coefficient (Wildman–Crippen LogP) is 1.99. The van der Waals surface area contributed by atoms with Crippen molar-refractivity contribution in [3.8, 4) is 0 Å². The molecule has 1 unspecified atom stereocenters. The molecule has 20 heavy (non-hydrogen) atoms. The number of rotatable bonds is 5. The minimum absolute atomic E-state index is 0.0476. The zero-order valence-electron chi connectivity index (χ0n) is 11.3. The second-order valence-corrected chi connectivity index (χ2v) is 5.09. The fourth-order valence-electron chi connectivity index (χ4n) is 2.58. The van der Waals surface area contributed by atoms with Crippen molar-refractivity contribution in [1.82, 2.24) is 4.98 Å². The maximum absolute atomic E-state index is 11.2. The zero-order valence-corrected chi connectivity index (χ0v) is 11.3. The summed E-state index contributed by atoms with van der Waals surface area (Å²) in [6, 6.07) is 1.62. The summed E-state index contributed by atoms with van der Waals surface area (Å²) in [6.45, 7) is 3.01. The third kappa shape index (κ3) is 3.04. The van der Waals surface area contributed by atoms with Crippen LogP contribution < -0.4 is 4.90 Å². The molecule has 1 aromatic rings. The first-order chi connectivity index (χ1) is 9.49. The lowest BCUT2D eigenvalue weighted by Crippen LogP contribution is -2.22. The molecule has 0 spiro atoms. The number of aliphatic carboxylic acids is 1. The number of aryl methyl sites for hydroxylation is 1. The van der Waals surface area contributed by atoms with E-state index in [1.54, 1.807) is 19.2 Å². The molecule has 1 atom stereocenters. The SMILES string of the molecule is Cc1ccnc(N2CCC(CCC(=O)O)C2)c1[N+](=O)[O-]. The Labute approximate surface area is 116 Å². The number of nitrogens with zero attached hydrogens (tertiary/aromatic N) is 3. The molecule has 1 aromatic heterocycles. The maximum atomic E-state index is 11.2. The van der Waals surface area contributed by atoms with Crippen LogP contribution in [0.5, 0.6) is 0 Å². The van der Waals surface area contributed by atoms with Gasteiger partial charge in [0.25, 0.3) is 0 Å². The van der Waals surface area contributed by atoms with Gasteiger partial charge >= 0.3 is 11.7 Å². The average molecular weight is 279 g/mol. The first-order valence-corrected chi connectivity index (χ1v) is 6.55. The van der Waals surface area contributed by atoms with Gasteiger partial charge in [0.2, 0.25) is 5.82 Å². The van der Waals surface area contributed by atoms with Gasteiger partial charge in [-0.25, -0.2) is 4.98 Å². The third-order valence-corrected chi connectivity index (χ3v) is 3.64. The topological polar surface area (TPSA) is 96.6 Å². The minimum atomic E-state index is -0.803. The molecule has 1 aliphatic heterocycles. The van der Waals surface area contributed by atoms with E-state index in [1.807, 2.05) is 4.90 Å². The lowest BCUT2D eigenvalue weighted by Gasteiger charge is -2.17. The number of aromatic nitrogens is 1. The van der Waals surface area contributed by atoms with E-state index in [4.69, 9.17) is 5.11 Å². The normalized spacial score (nSPS) is 18.2. The molecule has 7 nitrogen and oxygen atoms in total. The van der Waals surface area contributed by atoms with Crippen molar-refractivity contribution < 1.29 is 14.8 Å². The van der Waals surface area contributed by atoms with Crippen LogP contribution >= 0.6 is 0 Å². The Hall–Kier alpha value is -2.18. The summed E-state index contributed by atoms with van der Waals surface area (Å²) in [5.41, 5.74) is 0.639. The van der Waals surface area contributed by atoms with Crippen LogP contribution in [-0.2, 0) is 4.79 Å². The van der Waals surface area contributed by atoms with Crippen molar-refractivity contribution in [3.63, 3.8) is 0 Å². The molecule has 108 valence electrons. The summed E-state index contributed by atoms with van der Waals surface area (Å²) in [4.78, 5) is 27.4. The van der Waals surface area contributed by atoms with Crippen molar-refractivity contribution in [1.29, 1.82) is 0 Å². The van der Waals surface area contributed by atoms with Gasteiger partial charge in [0.05, 0.1) is 4.92 Å². The van der Waals surface area contributed by atoms with E-state index in [2.05, 4.69) is 4.98 Å². The molecular weight excluding hydrogens is 262 g/mol. The second-order valence-electron chi connectivity index (χ2n) is 5.09. The van der Waals surface area contributed by atoms with Gasteiger partial charge in [-0.2, -0.15) is 0 Å². The molecule has 7 heteroatoms. The predicted molar refractivity (Wildman–Crippen MR) is 72.8 cm³/mol. The largest absolute Gasteiger partial charge is 0.481 e. The highest BCUT2D eigenvalue weighted by Crippen LogP contribution is 2.33. The Kier molecular flexibility index (Phi) is 4.16. The molecule has 2 rings (SSSR count). The van der Waals surface area contributed by atoms with Crippen molar-refractivity contribution in [2.45, 2.75) is 26.2 Å². The van der Waals surface area contributed by atoms with Gasteiger partial charge in [0, 0.05) is 31.3 Å². The molecule has 0 bridgehead atoms. The smallest absolute Gasteiger partial charge is 0.314 e.